The number of carbonyl (C=O) groups is 1. The molecule has 5 nitrogen and oxygen atoms in total. The fraction of sp³-hybridized carbons (Fsp3) is 0.643. The molecule has 3 N–H and O–H groups in total. The number of unbranched alkanes of at least 4 members (excludes halogenated alkanes) is 1. The van der Waals surface area contributed by atoms with Crippen molar-refractivity contribution >= 4 is 5.91 Å². The molecule has 1 fully saturated rings. The number of nitrogen functional groups attached to an aromatic ring is 1. The van der Waals surface area contributed by atoms with Crippen LogP contribution in [-0.2, 0) is 6.54 Å². The highest BCUT2D eigenvalue weighted by Crippen LogP contribution is 2.29. The Hall–Kier alpha value is -1.33. The van der Waals surface area contributed by atoms with Crippen LogP contribution < -0.4 is 11.3 Å². The van der Waals surface area contributed by atoms with E-state index in [-0.39, 0.29) is 5.91 Å². The normalized spacial score (nSPS) is 14.9. The van der Waals surface area contributed by atoms with Gasteiger partial charge in [-0.25, -0.2) is 5.84 Å². The monoisotopic (exact) mass is 265 g/mol. The Morgan fingerprint density at radius 2 is 2.32 bits per heavy atom. The Morgan fingerprint density at radius 1 is 1.58 bits per heavy atom. The molecular weight excluding hydrogens is 242 g/mol. The molecule has 0 aromatic carbocycles. The lowest BCUT2D eigenvalue weighted by Crippen LogP contribution is -2.30. The van der Waals surface area contributed by atoms with Crippen LogP contribution in [0.2, 0.25) is 0 Å². The molecular formula is C14H23N3O2. The Bertz CT molecular complexity index is 438. The molecule has 0 atom stereocenters. The fourth-order valence-corrected chi connectivity index (χ4v) is 2.31. The maximum Gasteiger partial charge on any atom is 0.301 e. The van der Waals surface area contributed by atoms with E-state index in [9.17, 15) is 4.79 Å². The molecule has 2 rings (SSSR count). The van der Waals surface area contributed by atoms with E-state index in [1.807, 2.05) is 13.0 Å². The van der Waals surface area contributed by atoms with E-state index in [4.69, 9.17) is 10.3 Å². The molecule has 1 saturated carbocycles. The SMILES string of the molecule is CCCCN(Cc1cc(C)c(C(=O)NN)o1)C1CC1. The number of hydrazine groups is 1. The molecule has 0 spiro atoms. The van der Waals surface area contributed by atoms with Crippen LogP contribution in [0.3, 0.4) is 0 Å². The number of hydrogen-bond acceptors (Lipinski definition) is 4. The molecule has 0 aliphatic heterocycles. The van der Waals surface area contributed by atoms with Crippen LogP contribution in [0.15, 0.2) is 10.5 Å². The predicted octanol–water partition coefficient (Wildman–Crippen LogP) is 1.96. The highest BCUT2D eigenvalue weighted by molar-refractivity contribution is 5.92. The molecule has 0 radical (unpaired) electrons. The summed E-state index contributed by atoms with van der Waals surface area (Å²) in [6.07, 6.45) is 4.95. The summed E-state index contributed by atoms with van der Waals surface area (Å²) in [5, 5.41) is 0. The zero-order valence-electron chi connectivity index (χ0n) is 11.7. The van der Waals surface area contributed by atoms with E-state index in [2.05, 4.69) is 17.2 Å². The van der Waals surface area contributed by atoms with Crippen LogP contribution in [0, 0.1) is 6.92 Å². The van der Waals surface area contributed by atoms with Crippen LogP contribution >= 0.6 is 0 Å². The minimum atomic E-state index is -0.365. The Balaban J connectivity index is 2.02. The van der Waals surface area contributed by atoms with Crippen molar-refractivity contribution in [1.29, 1.82) is 0 Å². The molecule has 0 unspecified atom stereocenters. The summed E-state index contributed by atoms with van der Waals surface area (Å²) in [6, 6.07) is 2.63. The van der Waals surface area contributed by atoms with Crippen LogP contribution in [0.5, 0.6) is 0 Å². The van der Waals surface area contributed by atoms with Gasteiger partial charge in [-0.1, -0.05) is 13.3 Å². The van der Waals surface area contributed by atoms with Gasteiger partial charge in [0.2, 0.25) is 0 Å². The van der Waals surface area contributed by atoms with Gasteiger partial charge in [-0.2, -0.15) is 0 Å². The summed E-state index contributed by atoms with van der Waals surface area (Å²) in [5.74, 6) is 5.94. The van der Waals surface area contributed by atoms with E-state index in [0.29, 0.717) is 11.8 Å². The summed E-state index contributed by atoms with van der Waals surface area (Å²) < 4.78 is 5.62. The minimum Gasteiger partial charge on any atom is -0.454 e. The third-order valence-electron chi connectivity index (χ3n) is 3.53. The second-order valence-corrected chi connectivity index (χ2v) is 5.25. The lowest BCUT2D eigenvalue weighted by Gasteiger charge is -2.20. The molecule has 1 heterocycles. The number of nitrogens with two attached hydrogens (primary N) is 1. The zero-order chi connectivity index (χ0) is 13.8. The zero-order valence-corrected chi connectivity index (χ0v) is 11.7. The smallest absolute Gasteiger partial charge is 0.301 e. The van der Waals surface area contributed by atoms with Crippen molar-refractivity contribution in [3.8, 4) is 0 Å². The average molecular weight is 265 g/mol. The second-order valence-electron chi connectivity index (χ2n) is 5.25. The highest BCUT2D eigenvalue weighted by Gasteiger charge is 2.29. The van der Waals surface area contributed by atoms with Crippen LogP contribution in [0.1, 0.15) is 54.5 Å². The van der Waals surface area contributed by atoms with Crippen LogP contribution in [0.25, 0.3) is 0 Å². The van der Waals surface area contributed by atoms with Gasteiger partial charge in [-0.15, -0.1) is 0 Å². The summed E-state index contributed by atoms with van der Waals surface area (Å²) >= 11 is 0. The first-order chi connectivity index (χ1) is 9.15. The molecule has 1 amide bonds. The molecule has 5 heteroatoms. The number of amides is 1. The first kappa shape index (κ1) is 14.1. The number of rotatable bonds is 7. The van der Waals surface area contributed by atoms with E-state index in [0.717, 1.165) is 24.4 Å². The highest BCUT2D eigenvalue weighted by atomic mass is 16.4. The lowest BCUT2D eigenvalue weighted by atomic mass is 10.2. The molecule has 1 aliphatic carbocycles. The summed E-state index contributed by atoms with van der Waals surface area (Å²) in [4.78, 5) is 14.0. The quantitative estimate of drug-likeness (QED) is 0.449. The number of nitrogens with one attached hydrogen (secondary N) is 1. The first-order valence-electron chi connectivity index (χ1n) is 7.00. The Labute approximate surface area is 114 Å². The number of aryl methyl sites for hydroxylation is 1. The second kappa shape index (κ2) is 6.21. The number of nitrogens with zero attached hydrogens (tertiary/aromatic N) is 1. The van der Waals surface area contributed by atoms with Gasteiger partial charge in [0, 0.05) is 11.6 Å². The molecule has 1 aromatic heterocycles. The number of carbonyl (C=O) groups excluding carboxylic acids is 1. The molecule has 1 aliphatic rings. The summed E-state index contributed by atoms with van der Waals surface area (Å²) in [7, 11) is 0. The average Bonchev–Trinajstić information content (AvgIpc) is 3.18. The van der Waals surface area contributed by atoms with Crippen LogP contribution in [-0.4, -0.2) is 23.4 Å². The maximum atomic E-state index is 11.5. The van der Waals surface area contributed by atoms with Gasteiger partial charge in [-0.3, -0.25) is 15.1 Å². The van der Waals surface area contributed by atoms with Crippen LogP contribution in [0.4, 0.5) is 0 Å². The van der Waals surface area contributed by atoms with Gasteiger partial charge in [0.05, 0.1) is 6.54 Å². The predicted molar refractivity (Wildman–Crippen MR) is 73.4 cm³/mol. The van der Waals surface area contributed by atoms with Gasteiger partial charge in [0.1, 0.15) is 5.76 Å². The van der Waals surface area contributed by atoms with E-state index in [1.165, 1.54) is 25.7 Å². The Kier molecular flexibility index (Phi) is 4.61. The molecule has 106 valence electrons. The molecule has 0 saturated heterocycles. The molecule has 1 aromatic rings. The number of furan rings is 1. The van der Waals surface area contributed by atoms with E-state index < -0.39 is 0 Å². The summed E-state index contributed by atoms with van der Waals surface area (Å²) in [5.41, 5.74) is 2.95. The van der Waals surface area contributed by atoms with Crippen molar-refractivity contribution in [3.63, 3.8) is 0 Å². The van der Waals surface area contributed by atoms with E-state index in [1.54, 1.807) is 0 Å². The van der Waals surface area contributed by atoms with Crippen molar-refractivity contribution in [1.82, 2.24) is 10.3 Å². The van der Waals surface area contributed by atoms with Crippen molar-refractivity contribution in [2.45, 2.75) is 52.1 Å². The summed E-state index contributed by atoms with van der Waals surface area (Å²) in [6.45, 7) is 5.94. The first-order valence-corrected chi connectivity index (χ1v) is 7.00. The fourth-order valence-electron chi connectivity index (χ4n) is 2.31. The van der Waals surface area contributed by atoms with E-state index >= 15 is 0 Å². The van der Waals surface area contributed by atoms with Crippen molar-refractivity contribution in [2.24, 2.45) is 5.84 Å². The third-order valence-corrected chi connectivity index (χ3v) is 3.53. The minimum absolute atomic E-state index is 0.323. The van der Waals surface area contributed by atoms with Gasteiger partial charge >= 0.3 is 5.91 Å². The van der Waals surface area contributed by atoms with Crippen molar-refractivity contribution < 1.29 is 9.21 Å². The Morgan fingerprint density at radius 3 is 2.89 bits per heavy atom. The number of hydrogen-bond donors (Lipinski definition) is 2. The largest absolute Gasteiger partial charge is 0.454 e. The van der Waals surface area contributed by atoms with Crippen molar-refractivity contribution in [2.75, 3.05) is 6.54 Å². The van der Waals surface area contributed by atoms with Gasteiger partial charge in [-0.05, 0) is 38.8 Å². The third kappa shape index (κ3) is 3.58. The standard InChI is InChI=1S/C14H23N3O2/c1-3-4-7-17(11-5-6-11)9-12-8-10(2)13(19-12)14(18)16-15/h8,11H,3-7,9,15H2,1-2H3,(H,16,18). The van der Waals surface area contributed by atoms with Gasteiger partial charge < -0.3 is 4.42 Å². The lowest BCUT2D eigenvalue weighted by molar-refractivity contribution is 0.0921. The molecule has 0 bridgehead atoms. The van der Waals surface area contributed by atoms with Gasteiger partial charge in [0.15, 0.2) is 5.76 Å². The topological polar surface area (TPSA) is 71.5 Å². The maximum absolute atomic E-state index is 11.5. The molecule has 19 heavy (non-hydrogen) atoms. The van der Waals surface area contributed by atoms with Crippen molar-refractivity contribution in [3.05, 3.63) is 23.2 Å². The van der Waals surface area contributed by atoms with Gasteiger partial charge in [0.25, 0.3) is 0 Å².